The Morgan fingerprint density at radius 3 is 2.62 bits per heavy atom. The molecular weight excluding hydrogens is 170 g/mol. The number of ether oxygens (including phenoxy) is 1. The minimum Gasteiger partial charge on any atom is -0.456 e. The van der Waals surface area contributed by atoms with E-state index in [0.717, 1.165) is 4.79 Å². The number of nitrogens with two attached hydrogens (primary N) is 1. The molecule has 0 bridgehead atoms. The third kappa shape index (κ3) is 2.77. The van der Waals surface area contributed by atoms with Crippen molar-refractivity contribution in [3.63, 3.8) is 0 Å². The summed E-state index contributed by atoms with van der Waals surface area (Å²) in [6.07, 6.45) is 2.78. The number of nitrogen functional groups attached to an aromatic ring is 1. The average Bonchev–Trinajstić information content (AvgIpc) is 2.31. The van der Waals surface area contributed by atoms with Crippen LogP contribution in [-0.4, -0.2) is 21.5 Å². The lowest BCUT2D eigenvalue weighted by atomic mass is 10.2. The molecule has 5 heteroatoms. The number of hydrogen-bond donors (Lipinski definition) is 1. The number of hydrogen-bond acceptors (Lipinski definition) is 4. The average molecular weight is 183 g/mol. The maximum Gasteiger partial charge on any atom is 0.341 e. The number of carbonyl (C=O) groups excluding carboxylic acids is 1. The smallest absolute Gasteiger partial charge is 0.341 e. The molecule has 0 aromatic carbocycles. The van der Waals surface area contributed by atoms with Crippen LogP contribution in [0.2, 0.25) is 0 Å². The van der Waals surface area contributed by atoms with E-state index in [4.69, 9.17) is 10.6 Å². The standard InChI is InChI=1S/C8H13N3O2/c1-8(2,3)13-7(12)6-4-10-11(9)5-6/h4-5H,9H2,1-3H3. The largest absolute Gasteiger partial charge is 0.456 e. The molecular formula is C8H13N3O2. The molecule has 0 atom stereocenters. The highest BCUT2D eigenvalue weighted by molar-refractivity contribution is 5.89. The lowest BCUT2D eigenvalue weighted by molar-refractivity contribution is 0.00695. The fourth-order valence-corrected chi connectivity index (χ4v) is 0.780. The molecule has 1 rings (SSSR count). The van der Waals surface area contributed by atoms with Gasteiger partial charge in [-0.05, 0) is 20.8 Å². The highest BCUT2D eigenvalue weighted by Gasteiger charge is 2.18. The van der Waals surface area contributed by atoms with Crippen molar-refractivity contribution >= 4 is 5.97 Å². The predicted octanol–water partition coefficient (Wildman–Crippen LogP) is 0.552. The molecule has 1 aromatic heterocycles. The SMILES string of the molecule is CC(C)(C)OC(=O)c1cnn(N)c1. The summed E-state index contributed by atoms with van der Waals surface area (Å²) in [6, 6.07) is 0. The zero-order chi connectivity index (χ0) is 10.1. The zero-order valence-corrected chi connectivity index (χ0v) is 7.94. The van der Waals surface area contributed by atoms with E-state index in [1.54, 1.807) is 20.8 Å². The fraction of sp³-hybridized carbons (Fsp3) is 0.500. The van der Waals surface area contributed by atoms with Crippen LogP contribution in [0.5, 0.6) is 0 Å². The van der Waals surface area contributed by atoms with Crippen LogP contribution in [0, 0.1) is 0 Å². The van der Waals surface area contributed by atoms with Crippen LogP contribution >= 0.6 is 0 Å². The fourth-order valence-electron chi connectivity index (χ4n) is 0.780. The maximum absolute atomic E-state index is 11.3. The molecule has 2 N–H and O–H groups in total. The van der Waals surface area contributed by atoms with Crippen molar-refractivity contribution in [2.75, 3.05) is 5.84 Å². The van der Waals surface area contributed by atoms with Crippen molar-refractivity contribution in [2.24, 2.45) is 0 Å². The first-order chi connectivity index (χ1) is 5.88. The summed E-state index contributed by atoms with van der Waals surface area (Å²) in [5, 5.41) is 3.66. The van der Waals surface area contributed by atoms with Gasteiger partial charge in [0.1, 0.15) is 5.60 Å². The normalized spacial score (nSPS) is 11.3. The van der Waals surface area contributed by atoms with E-state index in [-0.39, 0.29) is 0 Å². The third-order valence-electron chi connectivity index (χ3n) is 1.24. The summed E-state index contributed by atoms with van der Waals surface area (Å²) in [4.78, 5) is 12.4. The van der Waals surface area contributed by atoms with Gasteiger partial charge in [0.15, 0.2) is 0 Å². The molecule has 13 heavy (non-hydrogen) atoms. The van der Waals surface area contributed by atoms with Gasteiger partial charge in [-0.1, -0.05) is 0 Å². The number of carbonyl (C=O) groups is 1. The van der Waals surface area contributed by atoms with Crippen molar-refractivity contribution in [1.82, 2.24) is 9.89 Å². The second-order valence-corrected chi connectivity index (χ2v) is 3.71. The van der Waals surface area contributed by atoms with E-state index in [9.17, 15) is 4.79 Å². The number of aromatic nitrogens is 2. The van der Waals surface area contributed by atoms with E-state index < -0.39 is 11.6 Å². The van der Waals surface area contributed by atoms with Gasteiger partial charge in [0.05, 0.1) is 18.0 Å². The topological polar surface area (TPSA) is 70.1 Å². The van der Waals surface area contributed by atoms with Gasteiger partial charge in [0.2, 0.25) is 0 Å². The van der Waals surface area contributed by atoms with Gasteiger partial charge < -0.3 is 10.6 Å². The second kappa shape index (κ2) is 3.08. The molecule has 0 saturated heterocycles. The molecule has 72 valence electrons. The van der Waals surface area contributed by atoms with Gasteiger partial charge in [-0.2, -0.15) is 9.89 Å². The van der Waals surface area contributed by atoms with Crippen molar-refractivity contribution in [3.05, 3.63) is 18.0 Å². The first kappa shape index (κ1) is 9.57. The summed E-state index contributed by atoms with van der Waals surface area (Å²) < 4.78 is 5.09. The van der Waals surface area contributed by atoms with Crippen LogP contribution in [-0.2, 0) is 4.74 Å². The predicted molar refractivity (Wildman–Crippen MR) is 47.5 cm³/mol. The van der Waals surface area contributed by atoms with Gasteiger partial charge in [0, 0.05) is 0 Å². The van der Waals surface area contributed by atoms with Gasteiger partial charge in [-0.15, -0.1) is 0 Å². The molecule has 0 radical (unpaired) electrons. The van der Waals surface area contributed by atoms with Crippen molar-refractivity contribution in [3.8, 4) is 0 Å². The Bertz CT molecular complexity index is 311. The van der Waals surface area contributed by atoms with Crippen molar-refractivity contribution in [2.45, 2.75) is 26.4 Å². The van der Waals surface area contributed by atoms with Crippen LogP contribution in [0.25, 0.3) is 0 Å². The first-order valence-electron chi connectivity index (χ1n) is 3.91. The van der Waals surface area contributed by atoms with Crippen LogP contribution in [0.1, 0.15) is 31.1 Å². The Kier molecular flexibility index (Phi) is 2.27. The maximum atomic E-state index is 11.3. The van der Waals surface area contributed by atoms with Gasteiger partial charge in [-0.3, -0.25) is 0 Å². The number of esters is 1. The van der Waals surface area contributed by atoms with E-state index in [0.29, 0.717) is 5.56 Å². The Morgan fingerprint density at radius 2 is 2.23 bits per heavy atom. The Labute approximate surface area is 76.4 Å². The molecule has 0 aliphatic heterocycles. The zero-order valence-electron chi connectivity index (χ0n) is 7.94. The molecule has 0 spiro atoms. The molecule has 1 aromatic rings. The second-order valence-electron chi connectivity index (χ2n) is 3.71. The quantitative estimate of drug-likeness (QED) is 0.510. The van der Waals surface area contributed by atoms with Gasteiger partial charge in [-0.25, -0.2) is 4.79 Å². The van der Waals surface area contributed by atoms with Crippen LogP contribution in [0.3, 0.4) is 0 Å². The molecule has 0 aliphatic carbocycles. The minimum atomic E-state index is -0.492. The third-order valence-corrected chi connectivity index (χ3v) is 1.24. The van der Waals surface area contributed by atoms with Gasteiger partial charge in [0.25, 0.3) is 0 Å². The first-order valence-corrected chi connectivity index (χ1v) is 3.91. The van der Waals surface area contributed by atoms with Crippen molar-refractivity contribution < 1.29 is 9.53 Å². The van der Waals surface area contributed by atoms with E-state index in [2.05, 4.69) is 5.10 Å². The van der Waals surface area contributed by atoms with E-state index >= 15 is 0 Å². The molecule has 0 amide bonds. The summed E-state index contributed by atoms with van der Waals surface area (Å²) in [5.74, 6) is 4.87. The monoisotopic (exact) mass is 183 g/mol. The molecule has 5 nitrogen and oxygen atoms in total. The van der Waals surface area contributed by atoms with E-state index in [1.165, 1.54) is 12.4 Å². The summed E-state index contributed by atoms with van der Waals surface area (Å²) in [5.41, 5.74) is -0.134. The molecule has 0 saturated carbocycles. The van der Waals surface area contributed by atoms with Gasteiger partial charge >= 0.3 is 5.97 Å². The Balaban J connectivity index is 2.70. The highest BCUT2D eigenvalue weighted by Crippen LogP contribution is 2.10. The van der Waals surface area contributed by atoms with Crippen LogP contribution < -0.4 is 5.84 Å². The molecule has 0 aliphatic rings. The highest BCUT2D eigenvalue weighted by atomic mass is 16.6. The summed E-state index contributed by atoms with van der Waals surface area (Å²) >= 11 is 0. The Morgan fingerprint density at radius 1 is 1.62 bits per heavy atom. The molecule has 0 unspecified atom stereocenters. The lowest BCUT2D eigenvalue weighted by Gasteiger charge is -2.18. The number of nitrogens with zero attached hydrogens (tertiary/aromatic N) is 2. The Hall–Kier alpha value is -1.52. The van der Waals surface area contributed by atoms with Crippen molar-refractivity contribution in [1.29, 1.82) is 0 Å². The van der Waals surface area contributed by atoms with E-state index in [1.807, 2.05) is 0 Å². The summed E-state index contributed by atoms with van der Waals surface area (Å²) in [7, 11) is 0. The number of rotatable bonds is 1. The van der Waals surface area contributed by atoms with Crippen LogP contribution in [0.15, 0.2) is 12.4 Å². The van der Waals surface area contributed by atoms with Crippen LogP contribution in [0.4, 0.5) is 0 Å². The molecule has 1 heterocycles. The lowest BCUT2D eigenvalue weighted by Crippen LogP contribution is -2.23. The minimum absolute atomic E-state index is 0.359. The summed E-state index contributed by atoms with van der Waals surface area (Å²) in [6.45, 7) is 5.41. The molecule has 0 fully saturated rings.